The zero-order valence-corrected chi connectivity index (χ0v) is 15.6. The molecule has 2 rings (SSSR count). The van der Waals surface area contributed by atoms with Gasteiger partial charge in [-0.25, -0.2) is 12.8 Å². The average molecular weight is 453 g/mol. The Morgan fingerprint density at radius 3 is 2.27 bits per heavy atom. The molecule has 0 saturated heterocycles. The average Bonchev–Trinajstić information content (AvgIpc) is 2.36. The van der Waals surface area contributed by atoms with Gasteiger partial charge in [-0.3, -0.25) is 4.72 Å². The molecule has 0 aliphatic heterocycles. The minimum atomic E-state index is -3.93. The van der Waals surface area contributed by atoms with Crippen molar-refractivity contribution in [2.45, 2.75) is 11.8 Å². The molecule has 0 unspecified atom stereocenters. The molecule has 0 radical (unpaired) electrons. The summed E-state index contributed by atoms with van der Waals surface area (Å²) < 4.78 is 46.3. The number of hydrogen-bond donors (Lipinski definition) is 1. The molecule has 0 saturated carbocycles. The van der Waals surface area contributed by atoms with Crippen LogP contribution in [0.3, 0.4) is 0 Å². The Kier molecular flexibility index (Phi) is 5.14. The van der Waals surface area contributed by atoms with Gasteiger partial charge in [-0.05, 0) is 68.6 Å². The molecule has 2 aromatic rings. The number of aryl methyl sites for hydroxylation is 1. The minimum Gasteiger partial charge on any atom is -0.495 e. The molecule has 2 aromatic carbocycles. The fourth-order valence-corrected chi connectivity index (χ4v) is 5.47. The number of methoxy groups -OCH3 is 1. The number of hydrogen-bond acceptors (Lipinski definition) is 3. The van der Waals surface area contributed by atoms with E-state index in [1.165, 1.54) is 7.11 Å². The predicted molar refractivity (Wildman–Crippen MR) is 90.3 cm³/mol. The monoisotopic (exact) mass is 451 g/mol. The van der Waals surface area contributed by atoms with Crippen molar-refractivity contribution in [3.05, 3.63) is 50.7 Å². The lowest BCUT2D eigenvalue weighted by molar-refractivity contribution is 0.417. The molecule has 4 nitrogen and oxygen atoms in total. The number of halogens is 3. The maximum atomic E-state index is 13.3. The molecule has 0 atom stereocenters. The first-order chi connectivity index (χ1) is 10.2. The largest absolute Gasteiger partial charge is 0.495 e. The zero-order valence-electron chi connectivity index (χ0n) is 11.7. The fourth-order valence-electron chi connectivity index (χ4n) is 1.88. The van der Waals surface area contributed by atoms with Crippen LogP contribution in [0.25, 0.3) is 0 Å². The van der Waals surface area contributed by atoms with Gasteiger partial charge in [0.1, 0.15) is 16.5 Å². The molecular weight excluding hydrogens is 441 g/mol. The Morgan fingerprint density at radius 1 is 1.14 bits per heavy atom. The highest BCUT2D eigenvalue weighted by Gasteiger charge is 2.23. The maximum absolute atomic E-state index is 13.3. The van der Waals surface area contributed by atoms with Crippen molar-refractivity contribution in [3.8, 4) is 5.75 Å². The van der Waals surface area contributed by atoms with Gasteiger partial charge in [-0.15, -0.1) is 0 Å². The third-order valence-electron chi connectivity index (χ3n) is 2.83. The van der Waals surface area contributed by atoms with Gasteiger partial charge in [-0.2, -0.15) is 0 Å². The topological polar surface area (TPSA) is 55.4 Å². The number of benzene rings is 2. The van der Waals surface area contributed by atoms with Crippen LogP contribution in [0.5, 0.6) is 5.75 Å². The molecule has 1 N–H and O–H groups in total. The highest BCUT2D eigenvalue weighted by molar-refractivity contribution is 9.11. The third-order valence-corrected chi connectivity index (χ3v) is 6.07. The summed E-state index contributed by atoms with van der Waals surface area (Å²) in [7, 11) is -2.48. The normalized spacial score (nSPS) is 11.3. The molecule has 0 aliphatic rings. The van der Waals surface area contributed by atoms with E-state index < -0.39 is 15.8 Å². The first-order valence-electron chi connectivity index (χ1n) is 6.06. The van der Waals surface area contributed by atoms with Crippen LogP contribution >= 0.6 is 31.9 Å². The molecule has 0 aliphatic carbocycles. The summed E-state index contributed by atoms with van der Waals surface area (Å²) in [5.41, 5.74) is 1.18. The molecular formula is C14H12Br2FNO3S. The van der Waals surface area contributed by atoms with Crippen molar-refractivity contribution < 1.29 is 17.5 Å². The van der Waals surface area contributed by atoms with E-state index in [2.05, 4.69) is 36.6 Å². The summed E-state index contributed by atoms with van der Waals surface area (Å²) >= 11 is 6.15. The second-order valence-corrected chi connectivity index (χ2v) is 7.84. The van der Waals surface area contributed by atoms with Crippen molar-refractivity contribution in [1.82, 2.24) is 0 Å². The summed E-state index contributed by atoms with van der Waals surface area (Å²) in [6.45, 7) is 1.83. The van der Waals surface area contributed by atoms with Gasteiger partial charge in [0.2, 0.25) is 0 Å². The first-order valence-corrected chi connectivity index (χ1v) is 9.13. The smallest absolute Gasteiger partial charge is 0.264 e. The lowest BCUT2D eigenvalue weighted by Crippen LogP contribution is -2.15. The van der Waals surface area contributed by atoms with Gasteiger partial charge >= 0.3 is 0 Å². The van der Waals surface area contributed by atoms with E-state index in [9.17, 15) is 12.8 Å². The number of rotatable bonds is 4. The summed E-state index contributed by atoms with van der Waals surface area (Å²) in [4.78, 5) is -0.0857. The van der Waals surface area contributed by atoms with E-state index in [4.69, 9.17) is 4.74 Å². The van der Waals surface area contributed by atoms with Gasteiger partial charge in [0.25, 0.3) is 10.0 Å². The molecule has 0 bridgehead atoms. The summed E-state index contributed by atoms with van der Waals surface area (Å²) in [6, 6.07) is 7.31. The standard InChI is InChI=1S/C14H12Br2FNO3S/c1-8-3-4-13(21-2)12(5-8)18-22(19,20)14-10(15)6-9(17)7-11(14)16/h3-7,18H,1-2H3. The van der Waals surface area contributed by atoms with Crippen LogP contribution < -0.4 is 9.46 Å². The van der Waals surface area contributed by atoms with Crippen LogP contribution in [0.4, 0.5) is 10.1 Å². The molecule has 22 heavy (non-hydrogen) atoms. The summed E-state index contributed by atoms with van der Waals surface area (Å²) in [6.07, 6.45) is 0. The van der Waals surface area contributed by atoms with Gasteiger partial charge in [0, 0.05) is 8.95 Å². The van der Waals surface area contributed by atoms with Crippen molar-refractivity contribution in [3.63, 3.8) is 0 Å². The molecule has 0 fully saturated rings. The number of nitrogens with one attached hydrogen (secondary N) is 1. The lowest BCUT2D eigenvalue weighted by Gasteiger charge is -2.14. The first kappa shape index (κ1) is 17.2. The van der Waals surface area contributed by atoms with Gasteiger partial charge in [0.15, 0.2) is 0 Å². The minimum absolute atomic E-state index is 0.0857. The van der Waals surface area contributed by atoms with Crippen LogP contribution in [0, 0.1) is 12.7 Å². The van der Waals surface area contributed by atoms with Crippen molar-refractivity contribution in [2.24, 2.45) is 0 Å². The molecule has 0 amide bonds. The van der Waals surface area contributed by atoms with Crippen LogP contribution in [0.1, 0.15) is 5.56 Å². The Hall–Kier alpha value is -1.12. The second kappa shape index (κ2) is 6.55. The molecule has 118 valence electrons. The van der Waals surface area contributed by atoms with Gasteiger partial charge in [0.05, 0.1) is 12.8 Å². The number of ether oxygens (including phenoxy) is 1. The Labute approximate surface area is 145 Å². The summed E-state index contributed by atoms with van der Waals surface area (Å²) in [5.74, 6) is -0.158. The third kappa shape index (κ3) is 3.61. The van der Waals surface area contributed by atoms with E-state index in [1.807, 2.05) is 6.92 Å². The predicted octanol–water partition coefficient (Wildman–Crippen LogP) is 4.47. The Bertz CT molecular complexity index is 802. The molecule has 0 spiro atoms. The maximum Gasteiger partial charge on any atom is 0.264 e. The van der Waals surface area contributed by atoms with Crippen molar-refractivity contribution in [1.29, 1.82) is 0 Å². The Balaban J connectivity index is 2.52. The number of anilines is 1. The highest BCUT2D eigenvalue weighted by Crippen LogP contribution is 2.34. The highest BCUT2D eigenvalue weighted by atomic mass is 79.9. The van der Waals surface area contributed by atoms with E-state index in [0.29, 0.717) is 11.4 Å². The Morgan fingerprint density at radius 2 is 1.73 bits per heavy atom. The van der Waals surface area contributed by atoms with E-state index >= 15 is 0 Å². The van der Waals surface area contributed by atoms with Crippen LogP contribution in [-0.2, 0) is 10.0 Å². The lowest BCUT2D eigenvalue weighted by atomic mass is 10.2. The quantitative estimate of drug-likeness (QED) is 0.744. The van der Waals surface area contributed by atoms with Crippen LogP contribution in [-0.4, -0.2) is 15.5 Å². The second-order valence-electron chi connectivity index (χ2n) is 4.51. The molecule has 0 heterocycles. The van der Waals surface area contributed by atoms with Crippen molar-refractivity contribution in [2.75, 3.05) is 11.8 Å². The van der Waals surface area contributed by atoms with E-state index in [1.54, 1.807) is 18.2 Å². The van der Waals surface area contributed by atoms with Crippen LogP contribution in [0.15, 0.2) is 44.2 Å². The van der Waals surface area contributed by atoms with E-state index in [-0.39, 0.29) is 13.8 Å². The van der Waals surface area contributed by atoms with Gasteiger partial charge < -0.3 is 4.74 Å². The zero-order chi connectivity index (χ0) is 16.5. The van der Waals surface area contributed by atoms with Crippen molar-refractivity contribution >= 4 is 47.6 Å². The van der Waals surface area contributed by atoms with E-state index in [0.717, 1.165) is 17.7 Å². The number of sulfonamides is 1. The molecule has 0 aromatic heterocycles. The summed E-state index contributed by atoms with van der Waals surface area (Å²) in [5, 5.41) is 0. The van der Waals surface area contributed by atoms with Crippen LogP contribution in [0.2, 0.25) is 0 Å². The SMILES string of the molecule is COc1ccc(C)cc1NS(=O)(=O)c1c(Br)cc(F)cc1Br. The van der Waals surface area contributed by atoms with Gasteiger partial charge in [-0.1, -0.05) is 6.07 Å². The fraction of sp³-hybridized carbons (Fsp3) is 0.143. The molecule has 8 heteroatoms.